The lowest BCUT2D eigenvalue weighted by atomic mass is 10.0. The highest BCUT2D eigenvalue weighted by Gasteiger charge is 2.11. The number of hydrogen-bond acceptors (Lipinski definition) is 3. The molecular formula is C11H12O4. The SMILES string of the molecule is CCCC(=O)c1cc(O)cc(C(=O)O)c1. The molecule has 2 N–H and O–H groups in total. The number of aromatic carboxylic acids is 1. The number of carboxylic acid groups (broad SMARTS) is 1. The Morgan fingerprint density at radius 3 is 2.33 bits per heavy atom. The minimum absolute atomic E-state index is 0.0746. The molecule has 0 aromatic heterocycles. The average Bonchev–Trinajstić information content (AvgIpc) is 2.17. The maximum atomic E-state index is 11.5. The molecule has 1 aromatic rings. The maximum absolute atomic E-state index is 11.5. The fraction of sp³-hybridized carbons (Fsp3) is 0.273. The molecule has 0 amide bonds. The topological polar surface area (TPSA) is 74.6 Å². The summed E-state index contributed by atoms with van der Waals surface area (Å²) in [5.41, 5.74) is 0.170. The van der Waals surface area contributed by atoms with E-state index in [-0.39, 0.29) is 22.7 Å². The Labute approximate surface area is 87.2 Å². The second kappa shape index (κ2) is 4.59. The highest BCUT2D eigenvalue weighted by molar-refractivity contribution is 5.99. The fourth-order valence-electron chi connectivity index (χ4n) is 1.27. The van der Waals surface area contributed by atoms with Crippen LogP contribution in [0, 0.1) is 0 Å². The first-order valence-electron chi connectivity index (χ1n) is 4.65. The molecule has 0 heterocycles. The van der Waals surface area contributed by atoms with E-state index in [4.69, 9.17) is 5.11 Å². The lowest BCUT2D eigenvalue weighted by Crippen LogP contribution is -2.02. The first kappa shape index (κ1) is 11.2. The molecule has 0 spiro atoms. The van der Waals surface area contributed by atoms with E-state index in [1.54, 1.807) is 0 Å². The number of rotatable bonds is 4. The Balaban J connectivity index is 3.09. The zero-order valence-corrected chi connectivity index (χ0v) is 8.36. The van der Waals surface area contributed by atoms with Crippen molar-refractivity contribution in [3.8, 4) is 5.75 Å². The number of Topliss-reactive ketones (excluding diaryl/α,β-unsaturated/α-hetero) is 1. The van der Waals surface area contributed by atoms with Crippen molar-refractivity contribution in [2.75, 3.05) is 0 Å². The van der Waals surface area contributed by atoms with Gasteiger partial charge < -0.3 is 10.2 Å². The summed E-state index contributed by atoms with van der Waals surface area (Å²) in [6.45, 7) is 1.86. The van der Waals surface area contributed by atoms with E-state index in [1.165, 1.54) is 12.1 Å². The normalized spacial score (nSPS) is 9.93. The third-order valence-electron chi connectivity index (χ3n) is 1.96. The average molecular weight is 208 g/mol. The van der Waals surface area contributed by atoms with E-state index >= 15 is 0 Å². The molecule has 0 radical (unpaired) electrons. The number of carboxylic acids is 1. The molecule has 0 saturated heterocycles. The van der Waals surface area contributed by atoms with E-state index in [9.17, 15) is 14.7 Å². The molecule has 15 heavy (non-hydrogen) atoms. The molecule has 4 heteroatoms. The number of hydrogen-bond donors (Lipinski definition) is 2. The molecule has 1 rings (SSSR count). The molecular weight excluding hydrogens is 196 g/mol. The first-order chi connectivity index (χ1) is 7.04. The lowest BCUT2D eigenvalue weighted by molar-refractivity contribution is 0.0696. The monoisotopic (exact) mass is 208 g/mol. The quantitative estimate of drug-likeness (QED) is 0.743. The van der Waals surface area contributed by atoms with Crippen LogP contribution in [-0.2, 0) is 0 Å². The number of carbonyl (C=O) groups is 2. The van der Waals surface area contributed by atoms with E-state index in [0.717, 1.165) is 6.07 Å². The van der Waals surface area contributed by atoms with Crippen LogP contribution < -0.4 is 0 Å². The van der Waals surface area contributed by atoms with Gasteiger partial charge in [0.1, 0.15) is 5.75 Å². The minimum Gasteiger partial charge on any atom is -0.508 e. The Kier molecular flexibility index (Phi) is 3.44. The van der Waals surface area contributed by atoms with Crippen molar-refractivity contribution < 1.29 is 19.8 Å². The number of benzene rings is 1. The largest absolute Gasteiger partial charge is 0.508 e. The van der Waals surface area contributed by atoms with Crippen LogP contribution in [0.2, 0.25) is 0 Å². The molecule has 0 bridgehead atoms. The van der Waals surface area contributed by atoms with Gasteiger partial charge in [0.25, 0.3) is 0 Å². The van der Waals surface area contributed by atoms with Crippen molar-refractivity contribution in [2.45, 2.75) is 19.8 Å². The summed E-state index contributed by atoms with van der Waals surface area (Å²) >= 11 is 0. The van der Waals surface area contributed by atoms with Gasteiger partial charge in [0.15, 0.2) is 5.78 Å². The summed E-state index contributed by atoms with van der Waals surface area (Å²) < 4.78 is 0. The molecule has 0 aliphatic carbocycles. The van der Waals surface area contributed by atoms with Gasteiger partial charge in [-0.2, -0.15) is 0 Å². The van der Waals surface area contributed by atoms with Crippen molar-refractivity contribution in [1.82, 2.24) is 0 Å². The maximum Gasteiger partial charge on any atom is 0.335 e. The van der Waals surface area contributed by atoms with Crippen LogP contribution in [0.1, 0.15) is 40.5 Å². The molecule has 0 unspecified atom stereocenters. The third kappa shape index (κ3) is 2.80. The van der Waals surface area contributed by atoms with Crippen LogP contribution in [0.3, 0.4) is 0 Å². The zero-order chi connectivity index (χ0) is 11.4. The van der Waals surface area contributed by atoms with Crippen molar-refractivity contribution in [3.63, 3.8) is 0 Å². The van der Waals surface area contributed by atoms with Gasteiger partial charge in [-0.25, -0.2) is 4.79 Å². The van der Waals surface area contributed by atoms with Crippen molar-refractivity contribution in [2.24, 2.45) is 0 Å². The summed E-state index contributed by atoms with van der Waals surface area (Å²) in [5, 5.41) is 18.0. The third-order valence-corrected chi connectivity index (χ3v) is 1.96. The zero-order valence-electron chi connectivity index (χ0n) is 8.36. The van der Waals surface area contributed by atoms with Gasteiger partial charge in [-0.1, -0.05) is 6.92 Å². The number of phenolic OH excluding ortho intramolecular Hbond substituents is 1. The van der Waals surface area contributed by atoms with Crippen LogP contribution in [0.4, 0.5) is 0 Å². The number of ketones is 1. The predicted molar refractivity (Wildman–Crippen MR) is 54.3 cm³/mol. The number of aromatic hydroxyl groups is 1. The molecule has 0 fully saturated rings. The van der Waals surface area contributed by atoms with Gasteiger partial charge in [0.05, 0.1) is 5.56 Å². The minimum atomic E-state index is -1.16. The van der Waals surface area contributed by atoms with Gasteiger partial charge in [-0.3, -0.25) is 4.79 Å². The highest BCUT2D eigenvalue weighted by Crippen LogP contribution is 2.17. The second-order valence-electron chi connectivity index (χ2n) is 3.25. The number of carbonyl (C=O) groups excluding carboxylic acids is 1. The van der Waals surface area contributed by atoms with Crippen LogP contribution >= 0.6 is 0 Å². The molecule has 1 aromatic carbocycles. The highest BCUT2D eigenvalue weighted by atomic mass is 16.4. The summed E-state index contributed by atoms with van der Waals surface area (Å²) in [6, 6.07) is 3.68. The van der Waals surface area contributed by atoms with Crippen molar-refractivity contribution in [3.05, 3.63) is 29.3 Å². The Morgan fingerprint density at radius 2 is 1.80 bits per heavy atom. The van der Waals surface area contributed by atoms with Gasteiger partial charge in [0.2, 0.25) is 0 Å². The summed E-state index contributed by atoms with van der Waals surface area (Å²) in [6.07, 6.45) is 1.04. The molecule has 0 atom stereocenters. The van der Waals surface area contributed by atoms with Gasteiger partial charge in [0, 0.05) is 12.0 Å². The van der Waals surface area contributed by atoms with Crippen LogP contribution in [0.5, 0.6) is 5.75 Å². The smallest absolute Gasteiger partial charge is 0.335 e. The van der Waals surface area contributed by atoms with Crippen molar-refractivity contribution in [1.29, 1.82) is 0 Å². The van der Waals surface area contributed by atoms with Crippen molar-refractivity contribution >= 4 is 11.8 Å². The Bertz CT molecular complexity index is 396. The van der Waals surface area contributed by atoms with E-state index in [1.807, 2.05) is 6.92 Å². The summed E-state index contributed by atoms with van der Waals surface area (Å²) in [5.74, 6) is -1.51. The Morgan fingerprint density at radius 1 is 1.20 bits per heavy atom. The van der Waals surface area contributed by atoms with E-state index in [2.05, 4.69) is 0 Å². The summed E-state index contributed by atoms with van der Waals surface area (Å²) in [4.78, 5) is 22.1. The summed E-state index contributed by atoms with van der Waals surface area (Å²) in [7, 11) is 0. The second-order valence-corrected chi connectivity index (χ2v) is 3.25. The fourth-order valence-corrected chi connectivity index (χ4v) is 1.27. The van der Waals surface area contributed by atoms with Crippen LogP contribution in [0.15, 0.2) is 18.2 Å². The standard InChI is InChI=1S/C11H12O4/c1-2-3-10(13)7-4-8(11(14)15)6-9(12)5-7/h4-6,12H,2-3H2,1H3,(H,14,15). The van der Waals surface area contributed by atoms with Gasteiger partial charge >= 0.3 is 5.97 Å². The Hall–Kier alpha value is -1.84. The van der Waals surface area contributed by atoms with E-state index in [0.29, 0.717) is 12.8 Å². The van der Waals surface area contributed by atoms with Gasteiger partial charge in [-0.15, -0.1) is 0 Å². The van der Waals surface area contributed by atoms with Gasteiger partial charge in [-0.05, 0) is 24.6 Å². The molecule has 0 aliphatic heterocycles. The van der Waals surface area contributed by atoms with E-state index < -0.39 is 5.97 Å². The lowest BCUT2D eigenvalue weighted by Gasteiger charge is -2.02. The number of phenols is 1. The molecule has 0 saturated carbocycles. The molecule has 0 aliphatic rings. The molecule has 80 valence electrons. The predicted octanol–water partition coefficient (Wildman–Crippen LogP) is 2.07. The van der Waals surface area contributed by atoms with Crippen LogP contribution in [0.25, 0.3) is 0 Å². The molecule has 4 nitrogen and oxygen atoms in total. The first-order valence-corrected chi connectivity index (χ1v) is 4.65. The van der Waals surface area contributed by atoms with Crippen LogP contribution in [-0.4, -0.2) is 22.0 Å².